The summed E-state index contributed by atoms with van der Waals surface area (Å²) < 4.78 is 5.46. The van der Waals surface area contributed by atoms with E-state index in [0.29, 0.717) is 30.2 Å². The zero-order chi connectivity index (χ0) is 15.4. The number of carbonyl (C=O) groups excluding carboxylic acids is 1. The van der Waals surface area contributed by atoms with Gasteiger partial charge in [-0.15, -0.1) is 0 Å². The van der Waals surface area contributed by atoms with Crippen LogP contribution in [0.2, 0.25) is 5.02 Å². The number of aryl methyl sites for hydroxylation is 1. The lowest BCUT2D eigenvalue weighted by Crippen LogP contribution is -2.44. The van der Waals surface area contributed by atoms with Gasteiger partial charge in [-0.05, 0) is 43.5 Å². The molecular formula is C15H18ClNO4. The van der Waals surface area contributed by atoms with Gasteiger partial charge in [-0.3, -0.25) is 9.59 Å². The van der Waals surface area contributed by atoms with Gasteiger partial charge in [0.1, 0.15) is 5.75 Å². The molecule has 0 radical (unpaired) electrons. The van der Waals surface area contributed by atoms with Crippen molar-refractivity contribution in [2.45, 2.75) is 19.8 Å². The third-order valence-electron chi connectivity index (χ3n) is 3.62. The molecule has 1 atom stereocenters. The molecule has 1 heterocycles. The standard InChI is InChI=1S/C15H18ClNO4/c1-10-7-12(4-5-13(10)16)21-9-14(18)17-6-2-3-11(8-17)15(19)20/h4-5,7,11H,2-3,6,8-9H2,1H3,(H,19,20)/t11-/m0/s1. The predicted octanol–water partition coefficient (Wildman–Crippen LogP) is 2.35. The molecule has 21 heavy (non-hydrogen) atoms. The SMILES string of the molecule is Cc1cc(OCC(=O)N2CCC[C@H](C(=O)O)C2)ccc1Cl. The van der Waals surface area contributed by atoms with Crippen molar-refractivity contribution >= 4 is 23.5 Å². The maximum atomic E-state index is 12.1. The number of hydrogen-bond acceptors (Lipinski definition) is 3. The summed E-state index contributed by atoms with van der Waals surface area (Å²) in [5.41, 5.74) is 0.880. The summed E-state index contributed by atoms with van der Waals surface area (Å²) >= 11 is 5.92. The minimum Gasteiger partial charge on any atom is -0.484 e. The highest BCUT2D eigenvalue weighted by atomic mass is 35.5. The Morgan fingerprint density at radius 1 is 1.48 bits per heavy atom. The first-order chi connectivity index (χ1) is 9.97. The minimum absolute atomic E-state index is 0.0899. The normalized spacial score (nSPS) is 18.4. The Morgan fingerprint density at radius 3 is 2.90 bits per heavy atom. The van der Waals surface area contributed by atoms with Crippen LogP contribution < -0.4 is 4.74 Å². The summed E-state index contributed by atoms with van der Waals surface area (Å²) in [5.74, 6) is -0.923. The first-order valence-electron chi connectivity index (χ1n) is 6.87. The lowest BCUT2D eigenvalue weighted by atomic mass is 9.98. The lowest BCUT2D eigenvalue weighted by Gasteiger charge is -2.30. The van der Waals surface area contributed by atoms with Gasteiger partial charge >= 0.3 is 5.97 Å². The zero-order valence-electron chi connectivity index (χ0n) is 11.8. The van der Waals surface area contributed by atoms with Gasteiger partial charge in [0.05, 0.1) is 5.92 Å². The van der Waals surface area contributed by atoms with Gasteiger partial charge < -0.3 is 14.7 Å². The minimum atomic E-state index is -0.846. The average molecular weight is 312 g/mol. The van der Waals surface area contributed by atoms with Crippen molar-refractivity contribution in [1.29, 1.82) is 0 Å². The first-order valence-corrected chi connectivity index (χ1v) is 7.24. The van der Waals surface area contributed by atoms with Crippen LogP contribution in [0.15, 0.2) is 18.2 Å². The van der Waals surface area contributed by atoms with Gasteiger partial charge in [0, 0.05) is 18.1 Å². The highest BCUT2D eigenvalue weighted by molar-refractivity contribution is 6.31. The number of rotatable bonds is 4. The van der Waals surface area contributed by atoms with Crippen LogP contribution in [-0.2, 0) is 9.59 Å². The van der Waals surface area contributed by atoms with E-state index in [1.807, 2.05) is 6.92 Å². The van der Waals surface area contributed by atoms with Crippen molar-refractivity contribution in [3.63, 3.8) is 0 Å². The fourth-order valence-electron chi connectivity index (χ4n) is 2.35. The molecule has 0 bridgehead atoms. The van der Waals surface area contributed by atoms with E-state index in [9.17, 15) is 9.59 Å². The molecule has 0 aromatic heterocycles. The second-order valence-corrected chi connectivity index (χ2v) is 5.62. The van der Waals surface area contributed by atoms with Crippen LogP contribution in [0.3, 0.4) is 0 Å². The van der Waals surface area contributed by atoms with Gasteiger partial charge in [-0.2, -0.15) is 0 Å². The number of ether oxygens (including phenoxy) is 1. The predicted molar refractivity (Wildman–Crippen MR) is 78.6 cm³/mol. The van der Waals surface area contributed by atoms with Gasteiger partial charge in [0.15, 0.2) is 6.61 Å². The highest BCUT2D eigenvalue weighted by Gasteiger charge is 2.28. The molecule has 1 aromatic carbocycles. The van der Waals surface area contributed by atoms with E-state index in [-0.39, 0.29) is 19.1 Å². The topological polar surface area (TPSA) is 66.8 Å². The van der Waals surface area contributed by atoms with Gasteiger partial charge in [-0.1, -0.05) is 11.6 Å². The van der Waals surface area contributed by atoms with E-state index in [0.717, 1.165) is 5.56 Å². The van der Waals surface area contributed by atoms with Crippen molar-refractivity contribution in [3.8, 4) is 5.75 Å². The van der Waals surface area contributed by atoms with Gasteiger partial charge in [-0.25, -0.2) is 0 Å². The van der Waals surface area contributed by atoms with Crippen molar-refractivity contribution in [3.05, 3.63) is 28.8 Å². The van der Waals surface area contributed by atoms with Crippen LogP contribution in [-0.4, -0.2) is 41.6 Å². The number of nitrogens with zero attached hydrogens (tertiary/aromatic N) is 1. The monoisotopic (exact) mass is 311 g/mol. The number of likely N-dealkylation sites (tertiary alicyclic amines) is 1. The Hall–Kier alpha value is -1.75. The number of carboxylic acid groups (broad SMARTS) is 1. The Kier molecular flexibility index (Phi) is 5.07. The molecule has 1 fully saturated rings. The van der Waals surface area contributed by atoms with Crippen molar-refractivity contribution in [2.75, 3.05) is 19.7 Å². The Morgan fingerprint density at radius 2 is 2.24 bits per heavy atom. The molecule has 0 aliphatic carbocycles. The van der Waals surface area contributed by atoms with Crippen LogP contribution in [0.5, 0.6) is 5.75 Å². The second-order valence-electron chi connectivity index (χ2n) is 5.22. The number of hydrogen-bond donors (Lipinski definition) is 1. The Bertz CT molecular complexity index is 546. The number of benzene rings is 1. The molecule has 2 rings (SSSR count). The Balaban J connectivity index is 1.89. The number of carboxylic acids is 1. The zero-order valence-corrected chi connectivity index (χ0v) is 12.6. The first kappa shape index (κ1) is 15.6. The molecule has 1 aromatic rings. The number of aliphatic carboxylic acids is 1. The quantitative estimate of drug-likeness (QED) is 0.927. The Labute approximate surface area is 128 Å². The molecule has 1 saturated heterocycles. The second kappa shape index (κ2) is 6.80. The van der Waals surface area contributed by atoms with Crippen LogP contribution in [0.1, 0.15) is 18.4 Å². The summed E-state index contributed by atoms with van der Waals surface area (Å²) in [6, 6.07) is 5.20. The summed E-state index contributed by atoms with van der Waals surface area (Å²) in [5, 5.41) is 9.67. The summed E-state index contributed by atoms with van der Waals surface area (Å²) in [6.45, 7) is 2.62. The largest absolute Gasteiger partial charge is 0.484 e. The summed E-state index contributed by atoms with van der Waals surface area (Å²) in [6.07, 6.45) is 1.33. The maximum absolute atomic E-state index is 12.1. The van der Waals surface area contributed by atoms with Crippen molar-refractivity contribution in [1.82, 2.24) is 4.90 Å². The van der Waals surface area contributed by atoms with E-state index in [4.69, 9.17) is 21.4 Å². The van der Waals surface area contributed by atoms with Crippen LogP contribution in [0, 0.1) is 12.8 Å². The maximum Gasteiger partial charge on any atom is 0.308 e. The van der Waals surface area contributed by atoms with Crippen molar-refractivity contribution in [2.24, 2.45) is 5.92 Å². The van der Waals surface area contributed by atoms with Crippen LogP contribution in [0.25, 0.3) is 0 Å². The molecule has 0 unspecified atom stereocenters. The smallest absolute Gasteiger partial charge is 0.308 e. The number of piperidine rings is 1. The molecule has 1 N–H and O–H groups in total. The molecular weight excluding hydrogens is 294 g/mol. The van der Waals surface area contributed by atoms with Gasteiger partial charge in [0.25, 0.3) is 5.91 Å². The molecule has 6 heteroatoms. The number of carbonyl (C=O) groups is 2. The number of halogens is 1. The molecule has 0 spiro atoms. The molecule has 5 nitrogen and oxygen atoms in total. The highest BCUT2D eigenvalue weighted by Crippen LogP contribution is 2.21. The molecule has 1 aliphatic rings. The van der Waals surface area contributed by atoms with E-state index < -0.39 is 11.9 Å². The fourth-order valence-corrected chi connectivity index (χ4v) is 2.47. The third-order valence-corrected chi connectivity index (χ3v) is 4.04. The molecule has 1 aliphatic heterocycles. The molecule has 0 saturated carbocycles. The summed E-state index contributed by atoms with van der Waals surface area (Å²) in [4.78, 5) is 24.6. The van der Waals surface area contributed by atoms with Gasteiger partial charge in [0.2, 0.25) is 0 Å². The third kappa shape index (κ3) is 4.11. The van der Waals surface area contributed by atoms with Crippen LogP contribution in [0.4, 0.5) is 0 Å². The van der Waals surface area contributed by atoms with E-state index in [1.54, 1.807) is 23.1 Å². The van der Waals surface area contributed by atoms with Crippen molar-refractivity contribution < 1.29 is 19.4 Å². The number of amides is 1. The van der Waals surface area contributed by atoms with E-state index in [1.165, 1.54) is 0 Å². The van der Waals surface area contributed by atoms with E-state index >= 15 is 0 Å². The molecule has 114 valence electrons. The summed E-state index contributed by atoms with van der Waals surface area (Å²) in [7, 11) is 0. The van der Waals surface area contributed by atoms with E-state index in [2.05, 4.69) is 0 Å². The fraction of sp³-hybridized carbons (Fsp3) is 0.467. The molecule has 1 amide bonds. The van der Waals surface area contributed by atoms with Crippen LogP contribution >= 0.6 is 11.6 Å². The lowest BCUT2D eigenvalue weighted by molar-refractivity contribution is -0.146. The average Bonchev–Trinajstić information content (AvgIpc) is 2.48.